The molecule has 0 fully saturated rings. The van der Waals surface area contributed by atoms with Crippen LogP contribution in [0.25, 0.3) is 0 Å². The van der Waals surface area contributed by atoms with E-state index < -0.39 is 11.9 Å². The standard InChI is InChI=1S/C22H25NO7/c1-5-29-20-7-6-15(14(2)24)8-17(20)13-30-21(25)12-23-22(26)16-9-18(27-3)11-19(10-16)28-4/h6-11H,5,12-13H2,1-4H3,(H,23,26). The van der Waals surface area contributed by atoms with Crippen LogP contribution in [-0.4, -0.2) is 45.0 Å². The van der Waals surface area contributed by atoms with Crippen molar-refractivity contribution >= 4 is 17.7 Å². The molecule has 0 bridgehead atoms. The normalized spacial score (nSPS) is 10.1. The monoisotopic (exact) mass is 415 g/mol. The van der Waals surface area contributed by atoms with Gasteiger partial charge in [0.2, 0.25) is 0 Å². The lowest BCUT2D eigenvalue weighted by Gasteiger charge is -2.12. The summed E-state index contributed by atoms with van der Waals surface area (Å²) in [7, 11) is 2.96. The van der Waals surface area contributed by atoms with Crippen molar-refractivity contribution < 1.29 is 33.3 Å². The average molecular weight is 415 g/mol. The molecule has 160 valence electrons. The summed E-state index contributed by atoms with van der Waals surface area (Å²) in [5, 5.41) is 2.50. The molecular formula is C22H25NO7. The van der Waals surface area contributed by atoms with Crippen LogP contribution in [0, 0.1) is 0 Å². The van der Waals surface area contributed by atoms with Gasteiger partial charge < -0.3 is 24.3 Å². The molecule has 0 radical (unpaired) electrons. The number of esters is 1. The lowest BCUT2D eigenvalue weighted by molar-refractivity contribution is -0.143. The second-order valence-corrected chi connectivity index (χ2v) is 6.26. The summed E-state index contributed by atoms with van der Waals surface area (Å²) in [6.45, 7) is 3.31. The molecule has 8 heteroatoms. The Bertz CT molecular complexity index is 901. The molecule has 0 aliphatic heterocycles. The van der Waals surface area contributed by atoms with Gasteiger partial charge in [-0.1, -0.05) is 0 Å². The van der Waals surface area contributed by atoms with Crippen molar-refractivity contribution in [3.05, 3.63) is 53.1 Å². The van der Waals surface area contributed by atoms with Crippen molar-refractivity contribution in [1.29, 1.82) is 0 Å². The minimum Gasteiger partial charge on any atom is -0.497 e. The Hall–Kier alpha value is -3.55. The molecule has 1 amide bonds. The zero-order chi connectivity index (χ0) is 22.1. The van der Waals surface area contributed by atoms with E-state index in [1.807, 2.05) is 6.92 Å². The molecule has 0 aliphatic rings. The van der Waals surface area contributed by atoms with E-state index in [4.69, 9.17) is 18.9 Å². The van der Waals surface area contributed by atoms with Gasteiger partial charge in [0.25, 0.3) is 5.91 Å². The van der Waals surface area contributed by atoms with Crippen molar-refractivity contribution in [3.63, 3.8) is 0 Å². The van der Waals surface area contributed by atoms with Gasteiger partial charge in [0.1, 0.15) is 30.4 Å². The van der Waals surface area contributed by atoms with Crippen LogP contribution in [0.2, 0.25) is 0 Å². The number of Topliss-reactive ketones (excluding diaryl/α,β-unsaturated/α-hetero) is 1. The molecule has 0 aromatic heterocycles. The molecule has 30 heavy (non-hydrogen) atoms. The molecule has 0 atom stereocenters. The number of ketones is 1. The second-order valence-electron chi connectivity index (χ2n) is 6.26. The third-order valence-corrected chi connectivity index (χ3v) is 4.16. The van der Waals surface area contributed by atoms with Crippen LogP contribution in [0.15, 0.2) is 36.4 Å². The third kappa shape index (κ3) is 6.23. The highest BCUT2D eigenvalue weighted by Gasteiger charge is 2.14. The first-order chi connectivity index (χ1) is 14.4. The number of ether oxygens (including phenoxy) is 4. The summed E-state index contributed by atoms with van der Waals surface area (Å²) in [6, 6.07) is 9.65. The lowest BCUT2D eigenvalue weighted by atomic mass is 10.1. The predicted molar refractivity (Wildman–Crippen MR) is 109 cm³/mol. The molecule has 2 aromatic rings. The Morgan fingerprint density at radius 2 is 1.60 bits per heavy atom. The van der Waals surface area contributed by atoms with Crippen molar-refractivity contribution in [2.75, 3.05) is 27.4 Å². The molecule has 0 saturated carbocycles. The van der Waals surface area contributed by atoms with Gasteiger partial charge in [0, 0.05) is 22.8 Å². The first-order valence-electron chi connectivity index (χ1n) is 9.31. The van der Waals surface area contributed by atoms with Crippen LogP contribution in [0.4, 0.5) is 0 Å². The molecule has 0 heterocycles. The zero-order valence-electron chi connectivity index (χ0n) is 17.4. The van der Waals surface area contributed by atoms with Crippen LogP contribution < -0.4 is 19.5 Å². The van der Waals surface area contributed by atoms with Crippen molar-refractivity contribution in [1.82, 2.24) is 5.32 Å². The third-order valence-electron chi connectivity index (χ3n) is 4.16. The fraction of sp³-hybridized carbons (Fsp3) is 0.318. The van der Waals surface area contributed by atoms with Gasteiger partial charge in [-0.2, -0.15) is 0 Å². The molecule has 2 aromatic carbocycles. The fourth-order valence-electron chi connectivity index (χ4n) is 2.61. The molecule has 0 aliphatic carbocycles. The maximum atomic E-state index is 12.3. The largest absolute Gasteiger partial charge is 0.497 e. The summed E-state index contributed by atoms with van der Waals surface area (Å²) in [6.07, 6.45) is 0. The summed E-state index contributed by atoms with van der Waals surface area (Å²) < 4.78 is 21.0. The molecule has 0 spiro atoms. The highest BCUT2D eigenvalue weighted by Crippen LogP contribution is 2.23. The van der Waals surface area contributed by atoms with E-state index in [1.54, 1.807) is 24.3 Å². The number of nitrogens with one attached hydrogen (secondary N) is 1. The van der Waals surface area contributed by atoms with E-state index in [9.17, 15) is 14.4 Å². The highest BCUT2D eigenvalue weighted by atomic mass is 16.5. The van der Waals surface area contributed by atoms with Gasteiger partial charge in [-0.25, -0.2) is 0 Å². The maximum Gasteiger partial charge on any atom is 0.325 e. The summed E-state index contributed by atoms with van der Waals surface area (Å²) in [5.41, 5.74) is 1.35. The van der Waals surface area contributed by atoms with Crippen LogP contribution >= 0.6 is 0 Å². The SMILES string of the molecule is CCOc1ccc(C(C)=O)cc1COC(=O)CNC(=O)c1cc(OC)cc(OC)c1. The summed E-state index contributed by atoms with van der Waals surface area (Å²) in [4.78, 5) is 36.0. The number of methoxy groups -OCH3 is 2. The van der Waals surface area contributed by atoms with Crippen LogP contribution in [-0.2, 0) is 16.1 Å². The molecular weight excluding hydrogens is 390 g/mol. The van der Waals surface area contributed by atoms with Gasteiger partial charge in [0.05, 0.1) is 20.8 Å². The zero-order valence-corrected chi connectivity index (χ0v) is 17.4. The number of carbonyl (C=O) groups is 3. The topological polar surface area (TPSA) is 100 Å². The predicted octanol–water partition coefficient (Wildman–Crippen LogP) is 2.78. The Balaban J connectivity index is 1.98. The number of hydrogen-bond donors (Lipinski definition) is 1. The maximum absolute atomic E-state index is 12.3. The number of rotatable bonds is 10. The lowest BCUT2D eigenvalue weighted by Crippen LogP contribution is -2.30. The van der Waals surface area contributed by atoms with E-state index >= 15 is 0 Å². The van der Waals surface area contributed by atoms with Gasteiger partial charge in [-0.3, -0.25) is 14.4 Å². The van der Waals surface area contributed by atoms with E-state index in [1.165, 1.54) is 33.3 Å². The van der Waals surface area contributed by atoms with E-state index in [-0.39, 0.29) is 24.5 Å². The first-order valence-corrected chi connectivity index (χ1v) is 9.31. The Morgan fingerprint density at radius 1 is 0.933 bits per heavy atom. The Kier molecular flexibility index (Phi) is 8.22. The minimum atomic E-state index is -0.631. The number of carbonyl (C=O) groups excluding carboxylic acids is 3. The molecule has 8 nitrogen and oxygen atoms in total. The second kappa shape index (κ2) is 10.8. The van der Waals surface area contributed by atoms with Crippen molar-refractivity contribution in [3.8, 4) is 17.2 Å². The fourth-order valence-corrected chi connectivity index (χ4v) is 2.61. The van der Waals surface area contributed by atoms with E-state index in [0.717, 1.165) is 0 Å². The van der Waals surface area contributed by atoms with E-state index in [0.29, 0.717) is 35.0 Å². The molecule has 2 rings (SSSR count). The Labute approximate surface area is 175 Å². The smallest absolute Gasteiger partial charge is 0.325 e. The molecule has 1 N–H and O–H groups in total. The quantitative estimate of drug-likeness (QED) is 0.470. The van der Waals surface area contributed by atoms with Gasteiger partial charge in [-0.05, 0) is 44.2 Å². The summed E-state index contributed by atoms with van der Waals surface area (Å²) >= 11 is 0. The van der Waals surface area contributed by atoms with Crippen molar-refractivity contribution in [2.24, 2.45) is 0 Å². The Morgan fingerprint density at radius 3 is 2.17 bits per heavy atom. The number of amides is 1. The molecule has 0 saturated heterocycles. The van der Waals surface area contributed by atoms with Crippen molar-refractivity contribution in [2.45, 2.75) is 20.5 Å². The number of benzene rings is 2. The van der Waals surface area contributed by atoms with Crippen LogP contribution in [0.1, 0.15) is 40.1 Å². The van der Waals surface area contributed by atoms with Crippen LogP contribution in [0.3, 0.4) is 0 Å². The first kappa shape index (κ1) is 22.7. The van der Waals surface area contributed by atoms with E-state index in [2.05, 4.69) is 5.32 Å². The minimum absolute atomic E-state index is 0.0852. The van der Waals surface area contributed by atoms with Gasteiger partial charge >= 0.3 is 5.97 Å². The van der Waals surface area contributed by atoms with Gasteiger partial charge in [-0.15, -0.1) is 0 Å². The number of hydrogen-bond acceptors (Lipinski definition) is 7. The highest BCUT2D eigenvalue weighted by molar-refractivity contribution is 5.96. The molecule has 0 unspecified atom stereocenters. The average Bonchev–Trinajstić information content (AvgIpc) is 2.76. The van der Waals surface area contributed by atoms with Crippen LogP contribution in [0.5, 0.6) is 17.2 Å². The summed E-state index contributed by atoms with van der Waals surface area (Å²) in [5.74, 6) is 0.229. The van der Waals surface area contributed by atoms with Gasteiger partial charge in [0.15, 0.2) is 5.78 Å².